The minimum atomic E-state index is -0.261. The number of hydrogen-bond acceptors (Lipinski definition) is 6. The molecule has 0 aliphatic carbocycles. The van der Waals surface area contributed by atoms with Crippen LogP contribution >= 0.6 is 23.1 Å². The lowest BCUT2D eigenvalue weighted by Gasteiger charge is -2.14. The van der Waals surface area contributed by atoms with Gasteiger partial charge >= 0.3 is 0 Å². The van der Waals surface area contributed by atoms with Crippen LogP contribution in [0.1, 0.15) is 10.4 Å². The fourth-order valence-corrected chi connectivity index (χ4v) is 4.33. The summed E-state index contributed by atoms with van der Waals surface area (Å²) in [5.74, 6) is -0.293. The van der Waals surface area contributed by atoms with E-state index in [2.05, 4.69) is 10.3 Å². The highest BCUT2D eigenvalue weighted by molar-refractivity contribution is 8.14. The second-order valence-corrected chi connectivity index (χ2v) is 7.78. The molecule has 1 aliphatic rings. The molecule has 3 amide bonds. The largest absolute Gasteiger partial charge is 0.350 e. The summed E-state index contributed by atoms with van der Waals surface area (Å²) in [7, 11) is 0. The summed E-state index contributed by atoms with van der Waals surface area (Å²) in [6.07, 6.45) is 0. The minimum absolute atomic E-state index is 0.173. The highest BCUT2D eigenvalue weighted by Crippen LogP contribution is 2.27. The first-order chi connectivity index (χ1) is 13.1. The van der Waals surface area contributed by atoms with Gasteiger partial charge < -0.3 is 5.32 Å². The average Bonchev–Trinajstić information content (AvgIpc) is 3.32. The Morgan fingerprint density at radius 3 is 2.78 bits per heavy atom. The quantitative estimate of drug-likeness (QED) is 0.714. The Balaban J connectivity index is 1.57. The van der Waals surface area contributed by atoms with Gasteiger partial charge in [0.1, 0.15) is 0 Å². The number of thiophene rings is 1. The molecule has 0 radical (unpaired) electrons. The number of imide groups is 1. The van der Waals surface area contributed by atoms with E-state index in [4.69, 9.17) is 0 Å². The molecule has 136 valence electrons. The van der Waals surface area contributed by atoms with Gasteiger partial charge in [-0.05, 0) is 23.6 Å². The number of amides is 3. The smallest absolute Gasteiger partial charge is 0.288 e. The Kier molecular flexibility index (Phi) is 4.91. The minimum Gasteiger partial charge on any atom is -0.350 e. The third-order valence-electron chi connectivity index (χ3n) is 4.20. The van der Waals surface area contributed by atoms with Gasteiger partial charge in [0.25, 0.3) is 11.1 Å². The zero-order valence-corrected chi connectivity index (χ0v) is 15.8. The first-order valence-electron chi connectivity index (χ1n) is 8.32. The van der Waals surface area contributed by atoms with E-state index in [1.54, 1.807) is 17.4 Å². The molecule has 1 N–H and O–H groups in total. The lowest BCUT2D eigenvalue weighted by atomic mass is 10.1. The van der Waals surface area contributed by atoms with Crippen molar-refractivity contribution in [1.29, 1.82) is 0 Å². The number of fused-ring (bicyclic) bond motifs is 1. The molecule has 1 fully saturated rings. The van der Waals surface area contributed by atoms with Gasteiger partial charge in [0, 0.05) is 18.5 Å². The van der Waals surface area contributed by atoms with Gasteiger partial charge in [-0.2, -0.15) is 0 Å². The number of para-hydroxylation sites is 1. The van der Waals surface area contributed by atoms with E-state index in [1.165, 1.54) is 4.90 Å². The first-order valence-corrected chi connectivity index (χ1v) is 10.2. The predicted molar refractivity (Wildman–Crippen MR) is 107 cm³/mol. The van der Waals surface area contributed by atoms with Crippen molar-refractivity contribution in [2.24, 2.45) is 0 Å². The highest BCUT2D eigenvalue weighted by atomic mass is 32.2. The van der Waals surface area contributed by atoms with Crippen LogP contribution in [0, 0.1) is 0 Å². The van der Waals surface area contributed by atoms with Gasteiger partial charge in [-0.25, -0.2) is 4.98 Å². The van der Waals surface area contributed by atoms with E-state index < -0.39 is 0 Å². The van der Waals surface area contributed by atoms with Crippen molar-refractivity contribution in [3.63, 3.8) is 0 Å². The maximum atomic E-state index is 12.8. The third kappa shape index (κ3) is 3.58. The SMILES string of the molecule is O=C(NCCN1C(=O)CSC1=O)c1cc(-c2cccs2)nc2ccccc12. The van der Waals surface area contributed by atoms with Crippen molar-refractivity contribution >= 4 is 51.1 Å². The predicted octanol–water partition coefficient (Wildman–Crippen LogP) is 3.39. The lowest BCUT2D eigenvalue weighted by Crippen LogP contribution is -2.37. The van der Waals surface area contributed by atoms with Crippen molar-refractivity contribution in [3.05, 3.63) is 53.4 Å². The molecule has 0 unspecified atom stereocenters. The Labute approximate surface area is 163 Å². The molecule has 0 bridgehead atoms. The molecule has 6 nitrogen and oxygen atoms in total. The Bertz CT molecular complexity index is 1020. The van der Waals surface area contributed by atoms with Crippen LogP contribution in [0.2, 0.25) is 0 Å². The summed E-state index contributed by atoms with van der Waals surface area (Å²) in [5, 5.41) is 5.28. The number of carbonyl (C=O) groups is 3. The summed E-state index contributed by atoms with van der Waals surface area (Å²) >= 11 is 2.55. The summed E-state index contributed by atoms with van der Waals surface area (Å²) < 4.78 is 0. The number of carbonyl (C=O) groups excluding carboxylic acids is 3. The van der Waals surface area contributed by atoms with Crippen molar-refractivity contribution in [1.82, 2.24) is 15.2 Å². The maximum Gasteiger partial charge on any atom is 0.288 e. The van der Waals surface area contributed by atoms with E-state index in [1.807, 2.05) is 41.8 Å². The average molecular weight is 397 g/mol. The zero-order valence-electron chi connectivity index (χ0n) is 14.2. The Hall–Kier alpha value is -2.71. The van der Waals surface area contributed by atoms with Crippen molar-refractivity contribution in [3.8, 4) is 10.6 Å². The number of nitrogens with one attached hydrogen (secondary N) is 1. The molecule has 1 saturated heterocycles. The molecular weight excluding hydrogens is 382 g/mol. The fourth-order valence-electron chi connectivity index (χ4n) is 2.89. The molecule has 27 heavy (non-hydrogen) atoms. The number of benzene rings is 1. The van der Waals surface area contributed by atoms with E-state index in [0.717, 1.165) is 33.2 Å². The third-order valence-corrected chi connectivity index (χ3v) is 5.95. The molecule has 0 atom stereocenters. The number of rotatable bonds is 5. The Morgan fingerprint density at radius 1 is 1.19 bits per heavy atom. The Morgan fingerprint density at radius 2 is 2.04 bits per heavy atom. The summed E-state index contributed by atoms with van der Waals surface area (Å²) in [6, 6.07) is 13.2. The van der Waals surface area contributed by atoms with Crippen LogP contribution in [-0.4, -0.2) is 45.8 Å². The number of hydrogen-bond donors (Lipinski definition) is 1. The number of pyridine rings is 1. The van der Waals surface area contributed by atoms with Gasteiger partial charge in [0.05, 0.1) is 27.4 Å². The lowest BCUT2D eigenvalue weighted by molar-refractivity contribution is -0.124. The number of nitrogens with zero attached hydrogens (tertiary/aromatic N) is 2. The van der Waals surface area contributed by atoms with E-state index in [-0.39, 0.29) is 35.9 Å². The molecule has 1 aromatic carbocycles. The van der Waals surface area contributed by atoms with E-state index in [9.17, 15) is 14.4 Å². The first kappa shape index (κ1) is 17.7. The standard InChI is InChI=1S/C19H15N3O3S2/c23-17-11-27-19(25)22(17)8-7-20-18(24)13-10-15(16-6-3-9-26-16)21-14-5-2-1-4-12(13)14/h1-6,9-10H,7-8,11H2,(H,20,24). The van der Waals surface area contributed by atoms with Crippen LogP contribution < -0.4 is 5.32 Å². The van der Waals surface area contributed by atoms with Crippen LogP contribution in [0.25, 0.3) is 21.5 Å². The summed E-state index contributed by atoms with van der Waals surface area (Å²) in [4.78, 5) is 42.9. The molecule has 3 heterocycles. The van der Waals surface area contributed by atoms with Crippen LogP contribution in [0.4, 0.5) is 4.79 Å². The van der Waals surface area contributed by atoms with Crippen molar-refractivity contribution in [2.45, 2.75) is 0 Å². The van der Waals surface area contributed by atoms with E-state index >= 15 is 0 Å². The van der Waals surface area contributed by atoms with Gasteiger partial charge in [-0.1, -0.05) is 36.0 Å². The molecule has 2 aromatic heterocycles. The molecule has 1 aliphatic heterocycles. The molecule has 8 heteroatoms. The van der Waals surface area contributed by atoms with Crippen LogP contribution in [0.5, 0.6) is 0 Å². The second-order valence-electron chi connectivity index (χ2n) is 5.91. The van der Waals surface area contributed by atoms with E-state index in [0.29, 0.717) is 5.56 Å². The normalized spacial score (nSPS) is 14.1. The second kappa shape index (κ2) is 7.50. The monoisotopic (exact) mass is 397 g/mol. The van der Waals surface area contributed by atoms with Crippen LogP contribution in [0.15, 0.2) is 47.8 Å². The van der Waals surface area contributed by atoms with Crippen molar-refractivity contribution < 1.29 is 14.4 Å². The maximum absolute atomic E-state index is 12.8. The highest BCUT2D eigenvalue weighted by Gasteiger charge is 2.29. The summed E-state index contributed by atoms with van der Waals surface area (Å²) in [5.41, 5.74) is 2.02. The molecule has 4 rings (SSSR count). The van der Waals surface area contributed by atoms with Crippen LogP contribution in [-0.2, 0) is 4.79 Å². The topological polar surface area (TPSA) is 79.4 Å². The van der Waals surface area contributed by atoms with Gasteiger partial charge in [-0.3, -0.25) is 19.3 Å². The number of aromatic nitrogens is 1. The van der Waals surface area contributed by atoms with Crippen LogP contribution in [0.3, 0.4) is 0 Å². The zero-order chi connectivity index (χ0) is 18.8. The molecular formula is C19H15N3O3S2. The fraction of sp³-hybridized carbons (Fsp3) is 0.158. The summed E-state index contributed by atoms with van der Waals surface area (Å²) in [6.45, 7) is 0.388. The number of thioether (sulfide) groups is 1. The van der Waals surface area contributed by atoms with Gasteiger partial charge in [-0.15, -0.1) is 11.3 Å². The van der Waals surface area contributed by atoms with Crippen molar-refractivity contribution in [2.75, 3.05) is 18.8 Å². The molecule has 0 spiro atoms. The van der Waals surface area contributed by atoms with Gasteiger partial charge in [0.2, 0.25) is 5.91 Å². The molecule has 3 aromatic rings. The molecule has 0 saturated carbocycles. The van der Waals surface area contributed by atoms with Gasteiger partial charge in [0.15, 0.2) is 0 Å².